The highest BCUT2D eigenvalue weighted by Gasteiger charge is 2.21. The highest BCUT2D eigenvalue weighted by molar-refractivity contribution is 7.17. The molecule has 0 aliphatic heterocycles. The lowest BCUT2D eigenvalue weighted by Gasteiger charge is -2.20. The molecule has 0 radical (unpaired) electrons. The van der Waals surface area contributed by atoms with Crippen LogP contribution in [0.2, 0.25) is 0 Å². The van der Waals surface area contributed by atoms with Gasteiger partial charge in [0.15, 0.2) is 5.78 Å². The van der Waals surface area contributed by atoms with Gasteiger partial charge in [-0.15, -0.1) is 11.3 Å². The van der Waals surface area contributed by atoms with Crippen molar-refractivity contribution >= 4 is 50.5 Å². The number of pyridine rings is 2. The number of rotatable bonds is 6. The number of fused-ring (bicyclic) bond motifs is 2. The van der Waals surface area contributed by atoms with Gasteiger partial charge in [-0.05, 0) is 56.2 Å². The van der Waals surface area contributed by atoms with Crippen molar-refractivity contribution in [3.05, 3.63) is 72.0 Å². The number of Topliss-reactive ketones (excluding diaryl/α,β-unsaturated/α-hetero) is 1. The first-order valence-electron chi connectivity index (χ1n) is 13.9. The molecule has 1 saturated carbocycles. The number of nitrogens with one attached hydrogen (secondary N) is 3. The topological polar surface area (TPSA) is 116 Å². The molecule has 0 atom stereocenters. The molecular weight excluding hydrogens is 532 g/mol. The van der Waals surface area contributed by atoms with Gasteiger partial charge in [0, 0.05) is 44.4 Å². The van der Waals surface area contributed by atoms with Crippen molar-refractivity contribution < 1.29 is 9.59 Å². The third kappa shape index (κ3) is 4.82. The van der Waals surface area contributed by atoms with Crippen molar-refractivity contribution in [2.75, 3.05) is 5.32 Å². The quantitative estimate of drug-likeness (QED) is 0.181. The molecule has 8 nitrogen and oxygen atoms in total. The van der Waals surface area contributed by atoms with E-state index in [1.807, 2.05) is 36.4 Å². The van der Waals surface area contributed by atoms with E-state index in [0.717, 1.165) is 85.5 Å². The maximum Gasteiger partial charge on any atom is 0.227 e. The third-order valence-corrected chi connectivity index (χ3v) is 9.08. The van der Waals surface area contributed by atoms with Crippen molar-refractivity contribution in [3.63, 3.8) is 0 Å². The molecule has 1 aliphatic carbocycles. The summed E-state index contributed by atoms with van der Waals surface area (Å²) in [5, 5.41) is 12.8. The number of amides is 1. The number of anilines is 1. The molecule has 6 aromatic rings. The van der Waals surface area contributed by atoms with Crippen LogP contribution in [0.5, 0.6) is 0 Å². The Balaban J connectivity index is 1.22. The minimum Gasteiger partial charge on any atom is -0.353 e. The van der Waals surface area contributed by atoms with Crippen LogP contribution in [0.1, 0.15) is 48.7 Å². The molecule has 0 saturated heterocycles. The average molecular weight is 561 g/mol. The van der Waals surface area contributed by atoms with Crippen LogP contribution in [-0.4, -0.2) is 36.8 Å². The molecular formula is C32H28N6O2S. The smallest absolute Gasteiger partial charge is 0.227 e. The molecule has 9 heteroatoms. The van der Waals surface area contributed by atoms with E-state index < -0.39 is 0 Å². The number of carbonyl (C=O) groups excluding carboxylic acids is 2. The molecule has 5 aromatic heterocycles. The van der Waals surface area contributed by atoms with E-state index >= 15 is 0 Å². The summed E-state index contributed by atoms with van der Waals surface area (Å²) in [5.74, 6) is 0.216. The Labute approximate surface area is 240 Å². The SMILES string of the molecule is CC(=O)c1ccc(-c2cccc3[nH]c(-c4n[nH]c5cnc(-c6cncc(NC(=O)C7CCCCC7)c6)cc45)cc23)s1. The Hall–Kier alpha value is -4.63. The van der Waals surface area contributed by atoms with Crippen LogP contribution >= 0.6 is 11.3 Å². The Bertz CT molecular complexity index is 1930. The van der Waals surface area contributed by atoms with Crippen molar-refractivity contribution in [3.8, 4) is 33.1 Å². The summed E-state index contributed by atoms with van der Waals surface area (Å²) < 4.78 is 0. The highest BCUT2D eigenvalue weighted by Crippen LogP contribution is 2.37. The monoisotopic (exact) mass is 560 g/mol. The van der Waals surface area contributed by atoms with Gasteiger partial charge in [-0.25, -0.2) is 0 Å². The molecule has 1 amide bonds. The van der Waals surface area contributed by atoms with Gasteiger partial charge in [-0.2, -0.15) is 5.10 Å². The fraction of sp³-hybridized carbons (Fsp3) is 0.219. The number of nitrogens with zero attached hydrogens (tertiary/aromatic N) is 3. The van der Waals surface area contributed by atoms with Gasteiger partial charge in [-0.1, -0.05) is 31.4 Å². The molecule has 204 valence electrons. The summed E-state index contributed by atoms with van der Waals surface area (Å²) in [6.45, 7) is 1.59. The summed E-state index contributed by atoms with van der Waals surface area (Å²) in [4.78, 5) is 39.0. The minimum atomic E-state index is 0.0717. The van der Waals surface area contributed by atoms with E-state index in [4.69, 9.17) is 0 Å². The lowest BCUT2D eigenvalue weighted by atomic mass is 9.88. The van der Waals surface area contributed by atoms with Gasteiger partial charge in [0.05, 0.1) is 39.9 Å². The van der Waals surface area contributed by atoms with Crippen LogP contribution in [0.4, 0.5) is 5.69 Å². The highest BCUT2D eigenvalue weighted by atomic mass is 32.1. The zero-order chi connectivity index (χ0) is 27.9. The molecule has 7 rings (SSSR count). The number of aromatic nitrogens is 5. The second-order valence-electron chi connectivity index (χ2n) is 10.6. The number of thiophene rings is 1. The zero-order valence-electron chi connectivity index (χ0n) is 22.5. The van der Waals surface area contributed by atoms with Crippen molar-refractivity contribution in [2.45, 2.75) is 39.0 Å². The van der Waals surface area contributed by atoms with Crippen molar-refractivity contribution in [1.82, 2.24) is 25.1 Å². The summed E-state index contributed by atoms with van der Waals surface area (Å²) in [6, 6.07) is 16.1. The molecule has 0 unspecified atom stereocenters. The first kappa shape index (κ1) is 25.3. The predicted molar refractivity (Wildman–Crippen MR) is 163 cm³/mol. The van der Waals surface area contributed by atoms with Crippen LogP contribution in [0.15, 0.2) is 67.1 Å². The average Bonchev–Trinajstić information content (AvgIpc) is 3.75. The first-order chi connectivity index (χ1) is 20.0. The van der Waals surface area contributed by atoms with Crippen LogP contribution in [0, 0.1) is 5.92 Å². The van der Waals surface area contributed by atoms with E-state index in [-0.39, 0.29) is 17.6 Å². The van der Waals surface area contributed by atoms with Gasteiger partial charge >= 0.3 is 0 Å². The lowest BCUT2D eigenvalue weighted by Crippen LogP contribution is -2.24. The molecule has 1 aliphatic rings. The predicted octanol–water partition coefficient (Wildman–Crippen LogP) is 7.62. The van der Waals surface area contributed by atoms with Gasteiger partial charge < -0.3 is 10.3 Å². The van der Waals surface area contributed by atoms with Gasteiger partial charge in [-0.3, -0.25) is 24.7 Å². The van der Waals surface area contributed by atoms with Crippen LogP contribution in [-0.2, 0) is 4.79 Å². The van der Waals surface area contributed by atoms with Gasteiger partial charge in [0.1, 0.15) is 5.69 Å². The number of hydrogen-bond donors (Lipinski definition) is 3. The summed E-state index contributed by atoms with van der Waals surface area (Å²) in [7, 11) is 0. The van der Waals surface area contributed by atoms with Crippen molar-refractivity contribution in [2.24, 2.45) is 5.92 Å². The molecule has 1 aromatic carbocycles. The van der Waals surface area contributed by atoms with Crippen molar-refractivity contribution in [1.29, 1.82) is 0 Å². The minimum absolute atomic E-state index is 0.0717. The number of ketones is 1. The second-order valence-corrected chi connectivity index (χ2v) is 11.7. The summed E-state index contributed by atoms with van der Waals surface area (Å²) in [6.07, 6.45) is 10.5. The van der Waals surface area contributed by atoms with Gasteiger partial charge in [0.25, 0.3) is 0 Å². The molecule has 5 heterocycles. The third-order valence-electron chi connectivity index (χ3n) is 7.86. The van der Waals surface area contributed by atoms with E-state index in [0.29, 0.717) is 5.69 Å². The summed E-state index contributed by atoms with van der Waals surface area (Å²) in [5.41, 5.74) is 6.79. The number of aromatic amines is 2. The van der Waals surface area contributed by atoms with E-state index in [9.17, 15) is 9.59 Å². The van der Waals surface area contributed by atoms with E-state index in [2.05, 4.69) is 42.6 Å². The van der Waals surface area contributed by atoms with Gasteiger partial charge in [0.2, 0.25) is 5.91 Å². The zero-order valence-corrected chi connectivity index (χ0v) is 23.3. The van der Waals surface area contributed by atoms with E-state index in [1.54, 1.807) is 25.5 Å². The maximum atomic E-state index is 12.8. The molecule has 1 fully saturated rings. The molecule has 0 bridgehead atoms. The Morgan fingerprint density at radius 2 is 1.83 bits per heavy atom. The second kappa shape index (κ2) is 10.4. The maximum absolute atomic E-state index is 12.8. The number of hydrogen-bond acceptors (Lipinski definition) is 6. The standard InChI is InChI=1S/C32H28N6O2S/c1-18(39)29-10-11-30(41-29)22-8-5-9-25-23(22)13-27(36-25)31-24-14-26(34-17-28(24)37-38-31)20-12-21(16-33-15-20)35-32(40)19-6-3-2-4-7-19/h5,8-17,19,36H,2-4,6-7H2,1H3,(H,35,40)(H,37,38). The molecule has 3 N–H and O–H groups in total. The van der Waals surface area contributed by atoms with E-state index in [1.165, 1.54) is 17.8 Å². The number of H-pyrrole nitrogens is 2. The first-order valence-corrected chi connectivity index (χ1v) is 14.7. The fourth-order valence-electron chi connectivity index (χ4n) is 5.71. The van der Waals surface area contributed by atoms with Crippen LogP contribution in [0.3, 0.4) is 0 Å². The summed E-state index contributed by atoms with van der Waals surface area (Å²) >= 11 is 1.50. The Morgan fingerprint density at radius 1 is 0.951 bits per heavy atom. The number of carbonyl (C=O) groups is 2. The molecule has 41 heavy (non-hydrogen) atoms. The normalized spacial score (nSPS) is 14.1. The van der Waals surface area contributed by atoms with Crippen LogP contribution in [0.25, 0.3) is 54.9 Å². The largest absolute Gasteiger partial charge is 0.353 e. The Morgan fingerprint density at radius 3 is 2.66 bits per heavy atom. The molecule has 0 spiro atoms. The lowest BCUT2D eigenvalue weighted by molar-refractivity contribution is -0.120. The number of benzene rings is 1. The fourth-order valence-corrected chi connectivity index (χ4v) is 6.65. The van der Waals surface area contributed by atoms with Crippen LogP contribution < -0.4 is 5.32 Å². The Kier molecular flexibility index (Phi) is 6.43.